The van der Waals surface area contributed by atoms with Crippen LogP contribution in [0.4, 0.5) is 13.2 Å². The molecule has 202 valence electrons. The minimum absolute atomic E-state index is 0.0433. The number of rotatable bonds is 9. The number of amides is 1. The molecule has 0 atom stereocenters. The Morgan fingerprint density at radius 3 is 2.51 bits per heavy atom. The van der Waals surface area contributed by atoms with Crippen molar-refractivity contribution in [1.82, 2.24) is 19.9 Å². The zero-order valence-corrected chi connectivity index (χ0v) is 21.7. The number of aromatic nitrogens is 3. The highest BCUT2D eigenvalue weighted by Crippen LogP contribution is 2.30. The lowest BCUT2D eigenvalue weighted by Crippen LogP contribution is -2.34. The largest absolute Gasteiger partial charge is 0.494 e. The van der Waals surface area contributed by atoms with Gasteiger partial charge in [-0.15, -0.1) is 0 Å². The summed E-state index contributed by atoms with van der Waals surface area (Å²) in [5.41, 5.74) is 0.348. The van der Waals surface area contributed by atoms with Crippen LogP contribution in [0.2, 0.25) is 0 Å². The number of halogens is 3. The number of aryl methyl sites for hydroxylation is 2. The molecular formula is C24H30F3N5O4S. The van der Waals surface area contributed by atoms with Crippen LogP contribution in [0.5, 0.6) is 5.75 Å². The number of hydrogen-bond acceptors (Lipinski definition) is 7. The van der Waals surface area contributed by atoms with Crippen molar-refractivity contribution in [1.29, 1.82) is 5.26 Å². The van der Waals surface area contributed by atoms with Gasteiger partial charge < -0.3 is 10.1 Å². The van der Waals surface area contributed by atoms with Crippen LogP contribution in [0.15, 0.2) is 12.3 Å². The summed E-state index contributed by atoms with van der Waals surface area (Å²) in [6.07, 6.45) is -0.339. The molecule has 1 aliphatic rings. The molecule has 0 spiro atoms. The Balaban J connectivity index is 1.81. The second-order valence-corrected chi connectivity index (χ2v) is 11.5. The molecule has 0 bridgehead atoms. The SMILES string of the molecule is CCc1nc(C(=O)NC[C@H]2CC[C@H](S(C)(=O)=O)CC2)c(C#N)n1-c1cnc(CCC(F)(F)F)cc1OC. The second kappa shape index (κ2) is 11.5. The highest BCUT2D eigenvalue weighted by molar-refractivity contribution is 7.91. The van der Waals surface area contributed by atoms with Crippen molar-refractivity contribution in [2.45, 2.75) is 63.3 Å². The van der Waals surface area contributed by atoms with Crippen LogP contribution in [0.3, 0.4) is 0 Å². The fourth-order valence-electron chi connectivity index (χ4n) is 4.52. The number of nitrogens with one attached hydrogen (secondary N) is 1. The number of sulfone groups is 1. The van der Waals surface area contributed by atoms with Crippen molar-refractivity contribution in [2.75, 3.05) is 19.9 Å². The Hall–Kier alpha value is -3.14. The Morgan fingerprint density at radius 1 is 1.30 bits per heavy atom. The smallest absolute Gasteiger partial charge is 0.389 e. The number of hydrogen-bond donors (Lipinski definition) is 1. The summed E-state index contributed by atoms with van der Waals surface area (Å²) in [5.74, 6) is 0.168. The zero-order chi connectivity index (χ0) is 27.4. The van der Waals surface area contributed by atoms with Crippen LogP contribution >= 0.6 is 0 Å². The number of carbonyl (C=O) groups is 1. The first kappa shape index (κ1) is 28.4. The highest BCUT2D eigenvalue weighted by atomic mass is 32.2. The van der Waals surface area contributed by atoms with E-state index in [1.165, 1.54) is 30.2 Å². The first-order valence-electron chi connectivity index (χ1n) is 12.0. The van der Waals surface area contributed by atoms with Crippen LogP contribution in [-0.4, -0.2) is 60.2 Å². The van der Waals surface area contributed by atoms with E-state index in [0.717, 1.165) is 0 Å². The van der Waals surface area contributed by atoms with E-state index in [0.29, 0.717) is 44.5 Å². The van der Waals surface area contributed by atoms with Gasteiger partial charge >= 0.3 is 6.18 Å². The van der Waals surface area contributed by atoms with E-state index in [4.69, 9.17) is 4.74 Å². The molecule has 3 rings (SSSR count). The van der Waals surface area contributed by atoms with Crippen molar-refractivity contribution in [3.05, 3.63) is 35.2 Å². The van der Waals surface area contributed by atoms with Crippen LogP contribution in [0, 0.1) is 17.2 Å². The van der Waals surface area contributed by atoms with E-state index in [2.05, 4.69) is 15.3 Å². The van der Waals surface area contributed by atoms with Crippen molar-refractivity contribution in [3.63, 3.8) is 0 Å². The average molecular weight is 542 g/mol. The van der Waals surface area contributed by atoms with Crippen molar-refractivity contribution < 1.29 is 31.1 Å². The molecule has 1 saturated carbocycles. The van der Waals surface area contributed by atoms with Gasteiger partial charge in [0, 0.05) is 37.4 Å². The Kier molecular flexibility index (Phi) is 8.84. The standard InChI is InChI=1S/C24H30F3N5O4S/c1-4-21-31-22(23(33)30-13-15-5-7-17(8-6-15)37(3,34)35)18(12-28)32(21)19-14-29-16(11-20(19)36-2)9-10-24(25,26)27/h11,14-15,17H,4-10,13H2,1-3H3,(H,30,33)/t15-,17-. The van der Waals surface area contributed by atoms with E-state index in [1.54, 1.807) is 6.92 Å². The summed E-state index contributed by atoms with van der Waals surface area (Å²) in [5, 5.41) is 12.4. The van der Waals surface area contributed by atoms with E-state index in [9.17, 15) is 31.6 Å². The highest BCUT2D eigenvalue weighted by Gasteiger charge is 2.30. The third-order valence-electron chi connectivity index (χ3n) is 6.56. The first-order valence-corrected chi connectivity index (χ1v) is 13.9. The Morgan fingerprint density at radius 2 is 1.97 bits per heavy atom. The molecule has 9 nitrogen and oxygen atoms in total. The number of imidazole rings is 1. The topological polar surface area (TPSA) is 127 Å². The molecule has 0 radical (unpaired) electrons. The quantitative estimate of drug-likeness (QED) is 0.514. The third-order valence-corrected chi connectivity index (χ3v) is 8.25. The van der Waals surface area contributed by atoms with Crippen LogP contribution in [-0.2, 0) is 22.7 Å². The van der Waals surface area contributed by atoms with Gasteiger partial charge in [-0.25, -0.2) is 13.4 Å². The van der Waals surface area contributed by atoms with Gasteiger partial charge in [0.1, 0.15) is 33.2 Å². The van der Waals surface area contributed by atoms with Gasteiger partial charge in [-0.1, -0.05) is 6.92 Å². The summed E-state index contributed by atoms with van der Waals surface area (Å²) in [6.45, 7) is 2.12. The summed E-state index contributed by atoms with van der Waals surface area (Å²) >= 11 is 0. The molecule has 2 heterocycles. The average Bonchev–Trinajstić information content (AvgIpc) is 3.23. The van der Waals surface area contributed by atoms with Gasteiger partial charge in [0.25, 0.3) is 5.91 Å². The minimum Gasteiger partial charge on any atom is -0.494 e. The fraction of sp³-hybridized carbons (Fsp3) is 0.583. The molecule has 1 N–H and O–H groups in total. The molecule has 0 unspecified atom stereocenters. The third kappa shape index (κ3) is 7.00. The molecule has 0 aromatic carbocycles. The lowest BCUT2D eigenvalue weighted by molar-refractivity contribution is -0.134. The lowest BCUT2D eigenvalue weighted by Gasteiger charge is -2.27. The molecule has 0 aliphatic heterocycles. The molecule has 1 fully saturated rings. The van der Waals surface area contributed by atoms with E-state index < -0.39 is 28.3 Å². The van der Waals surface area contributed by atoms with Crippen LogP contribution in [0.25, 0.3) is 5.69 Å². The van der Waals surface area contributed by atoms with Gasteiger partial charge in [0.15, 0.2) is 11.4 Å². The van der Waals surface area contributed by atoms with Crippen molar-refractivity contribution in [2.24, 2.45) is 5.92 Å². The maximum atomic E-state index is 13.0. The number of alkyl halides is 3. The normalized spacial score (nSPS) is 18.3. The van der Waals surface area contributed by atoms with Gasteiger partial charge in [-0.3, -0.25) is 14.3 Å². The van der Waals surface area contributed by atoms with Crippen molar-refractivity contribution in [3.8, 4) is 17.5 Å². The van der Waals surface area contributed by atoms with E-state index in [1.807, 2.05) is 6.07 Å². The predicted octanol–water partition coefficient (Wildman–Crippen LogP) is 3.54. The monoisotopic (exact) mass is 541 g/mol. The lowest BCUT2D eigenvalue weighted by atomic mass is 9.89. The van der Waals surface area contributed by atoms with E-state index >= 15 is 0 Å². The number of nitriles is 1. The number of carbonyl (C=O) groups excluding carboxylic acids is 1. The zero-order valence-electron chi connectivity index (χ0n) is 20.9. The summed E-state index contributed by atoms with van der Waals surface area (Å²) in [6, 6.07) is 3.39. The number of methoxy groups -OCH3 is 1. The maximum Gasteiger partial charge on any atom is 0.389 e. The summed E-state index contributed by atoms with van der Waals surface area (Å²) < 4.78 is 68.2. The number of nitrogens with zero attached hydrogens (tertiary/aromatic N) is 4. The maximum absolute atomic E-state index is 13.0. The summed E-state index contributed by atoms with van der Waals surface area (Å²) in [4.78, 5) is 21.5. The van der Waals surface area contributed by atoms with Gasteiger partial charge in [-0.2, -0.15) is 18.4 Å². The molecule has 13 heteroatoms. The molecule has 2 aromatic rings. The molecule has 0 saturated heterocycles. The summed E-state index contributed by atoms with van der Waals surface area (Å²) in [7, 11) is -1.73. The van der Waals surface area contributed by atoms with Crippen LogP contribution in [0.1, 0.15) is 66.7 Å². The van der Waals surface area contributed by atoms with Crippen molar-refractivity contribution >= 4 is 15.7 Å². The predicted molar refractivity (Wildman–Crippen MR) is 129 cm³/mol. The molecule has 1 aliphatic carbocycles. The molecule has 1 amide bonds. The van der Waals surface area contributed by atoms with Gasteiger partial charge in [-0.05, 0) is 38.0 Å². The number of pyridine rings is 1. The molecule has 37 heavy (non-hydrogen) atoms. The fourth-order valence-corrected chi connectivity index (χ4v) is 5.65. The van der Waals surface area contributed by atoms with Crippen LogP contribution < -0.4 is 10.1 Å². The van der Waals surface area contributed by atoms with E-state index in [-0.39, 0.29) is 46.1 Å². The van der Waals surface area contributed by atoms with Gasteiger partial charge in [0.2, 0.25) is 0 Å². The molecule has 2 aromatic heterocycles. The minimum atomic E-state index is -4.32. The Labute approximate surface area is 214 Å². The van der Waals surface area contributed by atoms with Gasteiger partial charge in [0.05, 0.1) is 18.6 Å². The second-order valence-electron chi connectivity index (χ2n) is 9.17. The Bertz CT molecular complexity index is 1280. The first-order chi connectivity index (χ1) is 17.4. The molecular weight excluding hydrogens is 511 g/mol. The number of ether oxygens (including phenoxy) is 1.